The lowest BCUT2D eigenvalue weighted by atomic mass is 10.1. The standard InChI is InChI=1S/C13H17F3N2O/c14-13(15,16)12(17)9-10-1-3-11(4-2-10)18-5-7-19-8-6-18/h1-4,12H,5-9,17H2. The number of nitrogens with two attached hydrogens (primary N) is 1. The fourth-order valence-electron chi connectivity index (χ4n) is 2.03. The minimum Gasteiger partial charge on any atom is -0.378 e. The topological polar surface area (TPSA) is 38.5 Å². The van der Waals surface area contributed by atoms with E-state index in [1.54, 1.807) is 12.1 Å². The highest BCUT2D eigenvalue weighted by atomic mass is 19.4. The van der Waals surface area contributed by atoms with E-state index in [9.17, 15) is 13.2 Å². The summed E-state index contributed by atoms with van der Waals surface area (Å²) >= 11 is 0. The van der Waals surface area contributed by atoms with Crippen LogP contribution in [-0.2, 0) is 11.2 Å². The number of rotatable bonds is 3. The molecular weight excluding hydrogens is 257 g/mol. The molecule has 1 aliphatic rings. The van der Waals surface area contributed by atoms with Crippen molar-refractivity contribution in [3.05, 3.63) is 29.8 Å². The lowest BCUT2D eigenvalue weighted by Crippen LogP contribution is -2.39. The molecule has 106 valence electrons. The first kappa shape index (κ1) is 14.1. The first-order valence-corrected chi connectivity index (χ1v) is 6.21. The minimum atomic E-state index is -4.34. The third-order valence-electron chi connectivity index (χ3n) is 3.19. The Balaban J connectivity index is 1.98. The lowest BCUT2D eigenvalue weighted by molar-refractivity contribution is -0.147. The molecule has 2 N–H and O–H groups in total. The van der Waals surface area contributed by atoms with Crippen molar-refractivity contribution in [3.63, 3.8) is 0 Å². The maximum Gasteiger partial charge on any atom is 0.403 e. The van der Waals surface area contributed by atoms with Crippen LogP contribution in [-0.4, -0.2) is 38.5 Å². The van der Waals surface area contributed by atoms with E-state index in [1.807, 2.05) is 12.1 Å². The van der Waals surface area contributed by atoms with E-state index in [4.69, 9.17) is 10.5 Å². The number of benzene rings is 1. The van der Waals surface area contributed by atoms with Crippen molar-refractivity contribution < 1.29 is 17.9 Å². The molecule has 1 saturated heterocycles. The highest BCUT2D eigenvalue weighted by Gasteiger charge is 2.36. The average molecular weight is 274 g/mol. The maximum atomic E-state index is 12.4. The van der Waals surface area contributed by atoms with Gasteiger partial charge in [0.2, 0.25) is 0 Å². The van der Waals surface area contributed by atoms with Gasteiger partial charge in [-0.2, -0.15) is 13.2 Å². The Morgan fingerprint density at radius 2 is 1.74 bits per heavy atom. The molecule has 0 saturated carbocycles. The van der Waals surface area contributed by atoms with Crippen molar-refractivity contribution in [2.24, 2.45) is 5.73 Å². The van der Waals surface area contributed by atoms with Gasteiger partial charge in [0.25, 0.3) is 0 Å². The number of anilines is 1. The van der Waals surface area contributed by atoms with Gasteiger partial charge in [0.15, 0.2) is 0 Å². The molecule has 2 rings (SSSR count). The third-order valence-corrected chi connectivity index (χ3v) is 3.19. The summed E-state index contributed by atoms with van der Waals surface area (Å²) in [6.07, 6.45) is -4.53. The Kier molecular flexibility index (Phi) is 4.31. The monoisotopic (exact) mass is 274 g/mol. The maximum absolute atomic E-state index is 12.4. The largest absolute Gasteiger partial charge is 0.403 e. The number of hydrogen-bond acceptors (Lipinski definition) is 3. The van der Waals surface area contributed by atoms with E-state index >= 15 is 0 Å². The summed E-state index contributed by atoms with van der Waals surface area (Å²) in [7, 11) is 0. The Bertz CT molecular complexity index is 399. The summed E-state index contributed by atoms with van der Waals surface area (Å²) in [5.74, 6) is 0. The summed E-state index contributed by atoms with van der Waals surface area (Å²) in [6.45, 7) is 2.98. The number of morpholine rings is 1. The van der Waals surface area contributed by atoms with Gasteiger partial charge in [-0.3, -0.25) is 0 Å². The van der Waals surface area contributed by atoms with Gasteiger partial charge >= 0.3 is 6.18 Å². The first-order chi connectivity index (χ1) is 8.97. The molecule has 1 unspecified atom stereocenters. The fourth-order valence-corrected chi connectivity index (χ4v) is 2.03. The van der Waals surface area contributed by atoms with E-state index in [2.05, 4.69) is 4.90 Å². The summed E-state index contributed by atoms with van der Waals surface area (Å²) in [4.78, 5) is 2.15. The van der Waals surface area contributed by atoms with Gasteiger partial charge in [-0.05, 0) is 24.1 Å². The van der Waals surface area contributed by atoms with E-state index < -0.39 is 12.2 Å². The number of alkyl halides is 3. The zero-order valence-electron chi connectivity index (χ0n) is 10.5. The van der Waals surface area contributed by atoms with Gasteiger partial charge in [0.05, 0.1) is 13.2 Å². The van der Waals surface area contributed by atoms with Crippen molar-refractivity contribution >= 4 is 5.69 Å². The smallest absolute Gasteiger partial charge is 0.378 e. The second kappa shape index (κ2) is 5.79. The van der Waals surface area contributed by atoms with Crippen LogP contribution >= 0.6 is 0 Å². The Labute approximate surface area is 110 Å². The number of hydrogen-bond donors (Lipinski definition) is 1. The van der Waals surface area contributed by atoms with Crippen LogP contribution in [0, 0.1) is 0 Å². The van der Waals surface area contributed by atoms with Crippen LogP contribution in [0.4, 0.5) is 18.9 Å². The van der Waals surface area contributed by atoms with Gasteiger partial charge in [-0.15, -0.1) is 0 Å². The molecule has 0 radical (unpaired) electrons. The van der Waals surface area contributed by atoms with Crippen molar-refractivity contribution in [3.8, 4) is 0 Å². The number of ether oxygens (including phenoxy) is 1. The molecule has 3 nitrogen and oxygen atoms in total. The molecule has 0 bridgehead atoms. The zero-order valence-corrected chi connectivity index (χ0v) is 10.5. The SMILES string of the molecule is NC(Cc1ccc(N2CCOCC2)cc1)C(F)(F)F. The Morgan fingerprint density at radius 3 is 2.26 bits per heavy atom. The molecular formula is C13H17F3N2O. The molecule has 0 aromatic heterocycles. The number of halogens is 3. The van der Waals surface area contributed by atoms with Gasteiger partial charge < -0.3 is 15.4 Å². The molecule has 1 atom stereocenters. The van der Waals surface area contributed by atoms with Crippen LogP contribution < -0.4 is 10.6 Å². The van der Waals surface area contributed by atoms with Gasteiger partial charge in [0.1, 0.15) is 6.04 Å². The van der Waals surface area contributed by atoms with Crippen molar-refractivity contribution in [2.75, 3.05) is 31.2 Å². The molecule has 19 heavy (non-hydrogen) atoms. The molecule has 1 heterocycles. The van der Waals surface area contributed by atoms with Crippen LogP contribution in [0.3, 0.4) is 0 Å². The minimum absolute atomic E-state index is 0.188. The predicted octanol–water partition coefficient (Wildman–Crippen LogP) is 1.96. The first-order valence-electron chi connectivity index (χ1n) is 6.21. The molecule has 0 spiro atoms. The molecule has 6 heteroatoms. The van der Waals surface area contributed by atoms with Crippen LogP contribution in [0.5, 0.6) is 0 Å². The summed E-state index contributed by atoms with van der Waals surface area (Å²) in [6, 6.07) is 5.28. The highest BCUT2D eigenvalue weighted by molar-refractivity contribution is 5.48. The van der Waals surface area contributed by atoms with E-state index in [0.29, 0.717) is 18.8 Å². The average Bonchev–Trinajstić information content (AvgIpc) is 2.39. The van der Waals surface area contributed by atoms with Crippen LogP contribution in [0.15, 0.2) is 24.3 Å². The van der Waals surface area contributed by atoms with Gasteiger partial charge in [-0.25, -0.2) is 0 Å². The zero-order chi connectivity index (χ0) is 13.9. The van der Waals surface area contributed by atoms with Gasteiger partial charge in [0, 0.05) is 18.8 Å². The number of nitrogens with zero attached hydrogens (tertiary/aromatic N) is 1. The fraction of sp³-hybridized carbons (Fsp3) is 0.538. The van der Waals surface area contributed by atoms with Crippen molar-refractivity contribution in [1.82, 2.24) is 0 Å². The van der Waals surface area contributed by atoms with Crippen molar-refractivity contribution in [2.45, 2.75) is 18.6 Å². The van der Waals surface area contributed by atoms with E-state index in [0.717, 1.165) is 18.8 Å². The highest BCUT2D eigenvalue weighted by Crippen LogP contribution is 2.23. The van der Waals surface area contributed by atoms with Crippen molar-refractivity contribution in [1.29, 1.82) is 0 Å². The Hall–Kier alpha value is -1.27. The molecule has 1 fully saturated rings. The second-order valence-corrected chi connectivity index (χ2v) is 4.62. The second-order valence-electron chi connectivity index (χ2n) is 4.62. The summed E-state index contributed by atoms with van der Waals surface area (Å²) in [5.41, 5.74) is 6.72. The predicted molar refractivity (Wildman–Crippen MR) is 67.2 cm³/mol. The van der Waals surface area contributed by atoms with Crippen LogP contribution in [0.2, 0.25) is 0 Å². The molecule has 1 aromatic rings. The van der Waals surface area contributed by atoms with Crippen LogP contribution in [0.1, 0.15) is 5.56 Å². The molecule has 1 aromatic carbocycles. The van der Waals surface area contributed by atoms with E-state index in [1.165, 1.54) is 0 Å². The normalized spacial score (nSPS) is 18.4. The lowest BCUT2D eigenvalue weighted by Gasteiger charge is -2.29. The van der Waals surface area contributed by atoms with Crippen LogP contribution in [0.25, 0.3) is 0 Å². The van der Waals surface area contributed by atoms with E-state index in [-0.39, 0.29) is 6.42 Å². The molecule has 1 aliphatic heterocycles. The molecule has 0 amide bonds. The summed E-state index contributed by atoms with van der Waals surface area (Å²) in [5, 5.41) is 0. The third kappa shape index (κ3) is 3.84. The quantitative estimate of drug-likeness (QED) is 0.915. The molecule has 0 aliphatic carbocycles. The van der Waals surface area contributed by atoms with Gasteiger partial charge in [-0.1, -0.05) is 12.1 Å². The Morgan fingerprint density at radius 1 is 1.16 bits per heavy atom. The summed E-state index contributed by atoms with van der Waals surface area (Å²) < 4.78 is 42.3.